The topological polar surface area (TPSA) is 82.4 Å². The van der Waals surface area contributed by atoms with Crippen LogP contribution in [-0.2, 0) is 16.2 Å². The monoisotopic (exact) mass is 627 g/mol. The van der Waals surface area contributed by atoms with Gasteiger partial charge in [-0.1, -0.05) is 60.8 Å². The maximum atomic E-state index is 12.5. The molecule has 226 valence electrons. The number of nitrogens with zero attached hydrogens (tertiary/aromatic N) is 3. The van der Waals surface area contributed by atoms with Gasteiger partial charge in [0.2, 0.25) is 5.91 Å². The largest absolute Gasteiger partial charge is 0.489 e. The number of benzene rings is 3. The molecule has 44 heavy (non-hydrogen) atoms. The molecule has 1 amide bonds. The van der Waals surface area contributed by atoms with Crippen LogP contribution in [0.15, 0.2) is 82.7 Å². The number of thioether (sulfide) groups is 1. The van der Waals surface area contributed by atoms with Gasteiger partial charge in [0.1, 0.15) is 29.6 Å². The number of aliphatic imine (C=N–C) groups is 1. The normalized spacial score (nSPS) is 21.8. The van der Waals surface area contributed by atoms with Gasteiger partial charge in [0, 0.05) is 35.3 Å². The second kappa shape index (κ2) is 12.3. The van der Waals surface area contributed by atoms with Crippen LogP contribution in [0.5, 0.6) is 5.75 Å². The van der Waals surface area contributed by atoms with Crippen molar-refractivity contribution < 1.29 is 19.4 Å². The molecule has 7 rings (SSSR count). The van der Waals surface area contributed by atoms with Crippen LogP contribution < -0.4 is 9.64 Å². The van der Waals surface area contributed by atoms with Crippen LogP contribution in [0, 0.1) is 0 Å². The molecule has 1 saturated heterocycles. The number of ether oxygens (including phenoxy) is 1. The molecule has 7 nitrogen and oxygen atoms in total. The summed E-state index contributed by atoms with van der Waals surface area (Å²) in [7, 11) is 0. The van der Waals surface area contributed by atoms with Crippen molar-refractivity contribution >= 4 is 46.8 Å². The predicted octanol–water partition coefficient (Wildman–Crippen LogP) is 7.52. The molecule has 2 unspecified atom stereocenters. The first-order valence-electron chi connectivity index (χ1n) is 15.3. The summed E-state index contributed by atoms with van der Waals surface area (Å²) in [5, 5.41) is 10.3. The summed E-state index contributed by atoms with van der Waals surface area (Å²) < 4.78 is 6.34. The van der Waals surface area contributed by atoms with Gasteiger partial charge in [-0.15, -0.1) is 0 Å². The highest BCUT2D eigenvalue weighted by molar-refractivity contribution is 8.04. The van der Waals surface area contributed by atoms with Crippen LogP contribution in [0.3, 0.4) is 0 Å². The minimum Gasteiger partial charge on any atom is -0.489 e. The quantitative estimate of drug-likeness (QED) is 0.278. The van der Waals surface area contributed by atoms with E-state index in [1.54, 1.807) is 6.08 Å². The summed E-state index contributed by atoms with van der Waals surface area (Å²) in [4.78, 5) is 33.8. The van der Waals surface area contributed by atoms with Gasteiger partial charge in [-0.05, 0) is 90.6 Å². The number of fused-ring (bicyclic) bond motifs is 1. The van der Waals surface area contributed by atoms with E-state index in [1.165, 1.54) is 31.0 Å². The standard InChI is InChI=1S/C35H34ClN3O4S/c36-25-12-8-22(9-13-25)29-17-14-27(38-18-4-7-32(38)40)19-24(29)21-43-28-15-10-23(11-16-28)33-37-30-20-31(35(41)42)44-34(30)39(33)26-5-2-1-3-6-26/h8-17,19-20,26,30,34H,1-7,18,21H2,(H,41,42). The molecule has 0 aromatic heterocycles. The van der Waals surface area contributed by atoms with Crippen LogP contribution in [0.4, 0.5) is 5.69 Å². The lowest BCUT2D eigenvalue weighted by atomic mass is 9.93. The van der Waals surface area contributed by atoms with E-state index in [2.05, 4.69) is 29.2 Å². The van der Waals surface area contributed by atoms with E-state index in [0.29, 0.717) is 29.0 Å². The van der Waals surface area contributed by atoms with Crippen LogP contribution in [0.1, 0.15) is 56.1 Å². The Balaban J connectivity index is 1.13. The SMILES string of the molecule is O=C(O)C1=CC2N=C(c3ccc(OCc4cc(N5CCCC5=O)ccc4-c4ccc(Cl)cc4)cc3)N(C3CCCCC3)C2S1. The zero-order valence-electron chi connectivity index (χ0n) is 24.3. The maximum absolute atomic E-state index is 12.5. The average Bonchev–Trinajstić information content (AvgIpc) is 3.76. The van der Waals surface area contributed by atoms with Crippen LogP contribution in [-0.4, -0.2) is 51.7 Å². The van der Waals surface area contributed by atoms with Gasteiger partial charge in [-0.3, -0.25) is 9.79 Å². The smallest absolute Gasteiger partial charge is 0.341 e. The number of rotatable bonds is 8. The molecule has 3 aromatic carbocycles. The summed E-state index contributed by atoms with van der Waals surface area (Å²) in [5.41, 5.74) is 4.97. The molecule has 1 N–H and O–H groups in total. The molecule has 9 heteroatoms. The Morgan fingerprint density at radius 3 is 2.43 bits per heavy atom. The summed E-state index contributed by atoms with van der Waals surface area (Å²) >= 11 is 7.58. The van der Waals surface area contributed by atoms with E-state index in [4.69, 9.17) is 21.3 Å². The van der Waals surface area contributed by atoms with E-state index in [9.17, 15) is 14.7 Å². The summed E-state index contributed by atoms with van der Waals surface area (Å²) in [6, 6.07) is 22.2. The van der Waals surface area contributed by atoms with E-state index in [1.807, 2.05) is 47.4 Å². The van der Waals surface area contributed by atoms with Gasteiger partial charge < -0.3 is 19.6 Å². The molecular formula is C35H34ClN3O4S. The third-order valence-electron chi connectivity index (χ3n) is 8.97. The highest BCUT2D eigenvalue weighted by Gasteiger charge is 2.45. The van der Waals surface area contributed by atoms with Crippen molar-refractivity contribution in [1.82, 2.24) is 4.90 Å². The van der Waals surface area contributed by atoms with Crippen molar-refractivity contribution in [1.29, 1.82) is 0 Å². The van der Waals surface area contributed by atoms with E-state index in [-0.39, 0.29) is 17.3 Å². The fourth-order valence-electron chi connectivity index (χ4n) is 6.77. The molecule has 3 aliphatic heterocycles. The lowest BCUT2D eigenvalue weighted by molar-refractivity contribution is -0.131. The molecule has 0 bridgehead atoms. The van der Waals surface area contributed by atoms with E-state index in [0.717, 1.165) is 65.3 Å². The zero-order valence-corrected chi connectivity index (χ0v) is 25.9. The molecule has 1 aliphatic carbocycles. The van der Waals surface area contributed by atoms with Crippen LogP contribution >= 0.6 is 23.4 Å². The molecule has 3 aromatic rings. The van der Waals surface area contributed by atoms with Gasteiger partial charge in [0.25, 0.3) is 0 Å². The van der Waals surface area contributed by atoms with Gasteiger partial charge in [0.05, 0.1) is 4.91 Å². The van der Waals surface area contributed by atoms with Gasteiger partial charge >= 0.3 is 5.97 Å². The number of carbonyl (C=O) groups excluding carboxylic acids is 1. The Morgan fingerprint density at radius 1 is 0.977 bits per heavy atom. The molecule has 1 saturated carbocycles. The molecule has 0 spiro atoms. The Morgan fingerprint density at radius 2 is 1.73 bits per heavy atom. The Bertz CT molecular complexity index is 1630. The summed E-state index contributed by atoms with van der Waals surface area (Å²) in [6.07, 6.45) is 9.09. The number of amides is 1. The lowest BCUT2D eigenvalue weighted by Crippen LogP contribution is -2.45. The molecule has 0 radical (unpaired) electrons. The number of anilines is 1. The molecule has 4 aliphatic rings. The van der Waals surface area contributed by atoms with Gasteiger partial charge in [-0.25, -0.2) is 4.79 Å². The highest BCUT2D eigenvalue weighted by atomic mass is 35.5. The summed E-state index contributed by atoms with van der Waals surface area (Å²) in [5.74, 6) is 0.965. The number of amidine groups is 1. The maximum Gasteiger partial charge on any atom is 0.341 e. The minimum atomic E-state index is -0.872. The van der Waals surface area contributed by atoms with Crippen molar-refractivity contribution in [2.75, 3.05) is 11.4 Å². The third-order valence-corrected chi connectivity index (χ3v) is 10.5. The molecule has 2 fully saturated rings. The highest BCUT2D eigenvalue weighted by Crippen LogP contribution is 2.44. The molecule has 3 heterocycles. The number of carboxylic acid groups (broad SMARTS) is 1. The zero-order chi connectivity index (χ0) is 30.2. The van der Waals surface area contributed by atoms with Crippen molar-refractivity contribution in [2.45, 2.75) is 69.0 Å². The number of carbonyl (C=O) groups is 2. The Kier molecular flexibility index (Phi) is 8.12. The van der Waals surface area contributed by atoms with Crippen LogP contribution in [0.25, 0.3) is 11.1 Å². The average molecular weight is 628 g/mol. The number of halogens is 1. The number of aliphatic carboxylic acids is 1. The molecule has 2 atom stereocenters. The second-order valence-corrected chi connectivity index (χ2v) is 13.4. The first-order valence-corrected chi connectivity index (χ1v) is 16.6. The number of carboxylic acids is 1. The molecular weight excluding hydrogens is 594 g/mol. The minimum absolute atomic E-state index is 0.00354. The van der Waals surface area contributed by atoms with E-state index >= 15 is 0 Å². The number of hydrogen-bond acceptors (Lipinski definition) is 6. The van der Waals surface area contributed by atoms with Gasteiger partial charge in [0.15, 0.2) is 0 Å². The fraction of sp³-hybridized carbons (Fsp3) is 0.343. The van der Waals surface area contributed by atoms with Crippen molar-refractivity contribution in [3.8, 4) is 16.9 Å². The van der Waals surface area contributed by atoms with Crippen molar-refractivity contribution in [3.05, 3.63) is 93.9 Å². The first kappa shape index (κ1) is 29.0. The number of hydrogen-bond donors (Lipinski definition) is 1. The fourth-order valence-corrected chi connectivity index (χ4v) is 8.14. The summed E-state index contributed by atoms with van der Waals surface area (Å²) in [6.45, 7) is 1.07. The first-order chi connectivity index (χ1) is 21.4. The third kappa shape index (κ3) is 5.73. The van der Waals surface area contributed by atoms with E-state index < -0.39 is 5.97 Å². The van der Waals surface area contributed by atoms with Crippen molar-refractivity contribution in [2.24, 2.45) is 4.99 Å². The predicted molar refractivity (Wildman–Crippen MR) is 175 cm³/mol. The lowest BCUT2D eigenvalue weighted by Gasteiger charge is -2.37. The second-order valence-electron chi connectivity index (χ2n) is 11.8. The van der Waals surface area contributed by atoms with Crippen LogP contribution in [0.2, 0.25) is 5.02 Å². The van der Waals surface area contributed by atoms with Gasteiger partial charge in [-0.2, -0.15) is 0 Å². The Hall–Kier alpha value is -3.75. The Labute approximate surface area is 266 Å². The van der Waals surface area contributed by atoms with Crippen molar-refractivity contribution in [3.63, 3.8) is 0 Å².